The molecule has 37 heavy (non-hydrogen) atoms. The summed E-state index contributed by atoms with van der Waals surface area (Å²) in [6.07, 6.45) is 13.6. The van der Waals surface area contributed by atoms with Crippen molar-refractivity contribution in [3.05, 3.63) is 106 Å². The van der Waals surface area contributed by atoms with Gasteiger partial charge in [0, 0.05) is 16.7 Å². The zero-order valence-corrected chi connectivity index (χ0v) is 22.3. The Morgan fingerprint density at radius 1 is 0.486 bits per heavy atom. The molecule has 0 heterocycles. The minimum absolute atomic E-state index is 0.225. The van der Waals surface area contributed by atoms with Crippen molar-refractivity contribution in [2.24, 2.45) is 0 Å². The molecule has 3 rings (SSSR count). The van der Waals surface area contributed by atoms with Crippen molar-refractivity contribution in [3.8, 4) is 23.7 Å². The van der Waals surface area contributed by atoms with Crippen molar-refractivity contribution in [1.29, 1.82) is 0 Å². The van der Waals surface area contributed by atoms with Crippen LogP contribution in [0.2, 0.25) is 0 Å². The SMILES string of the molecule is CCCCCCCCCCc1ccc(C#Cc2c(F)cc(C#Cc3ccc(CCC)cc3)cc2F)cc1. The van der Waals surface area contributed by atoms with E-state index in [0.29, 0.717) is 5.56 Å². The van der Waals surface area contributed by atoms with Crippen LogP contribution in [-0.2, 0) is 12.8 Å². The molecule has 0 saturated heterocycles. The summed E-state index contributed by atoms with van der Waals surface area (Å²) < 4.78 is 29.2. The lowest BCUT2D eigenvalue weighted by Gasteiger charge is -2.03. The molecule has 0 atom stereocenters. The predicted octanol–water partition coefficient (Wildman–Crippen LogP) is 9.40. The van der Waals surface area contributed by atoms with Gasteiger partial charge in [-0.3, -0.25) is 0 Å². The summed E-state index contributed by atoms with van der Waals surface area (Å²) in [7, 11) is 0. The van der Waals surface area contributed by atoms with Crippen LogP contribution < -0.4 is 0 Å². The summed E-state index contributed by atoms with van der Waals surface area (Å²) >= 11 is 0. The second kappa shape index (κ2) is 15.7. The van der Waals surface area contributed by atoms with Crippen molar-refractivity contribution in [2.75, 3.05) is 0 Å². The number of halogens is 2. The van der Waals surface area contributed by atoms with Gasteiger partial charge < -0.3 is 0 Å². The molecule has 0 fully saturated rings. The van der Waals surface area contributed by atoms with Crippen molar-refractivity contribution in [1.82, 2.24) is 0 Å². The largest absolute Gasteiger partial charge is 0.205 e. The third-order valence-corrected chi connectivity index (χ3v) is 6.49. The Hall–Kier alpha value is -3.36. The molecule has 0 radical (unpaired) electrons. The van der Waals surface area contributed by atoms with Gasteiger partial charge in [-0.2, -0.15) is 0 Å². The Bertz CT molecular complexity index is 1210. The molecule has 2 heteroatoms. The molecule has 0 amide bonds. The monoisotopic (exact) mass is 496 g/mol. The number of hydrogen-bond acceptors (Lipinski definition) is 0. The molecule has 0 spiro atoms. The fourth-order valence-corrected chi connectivity index (χ4v) is 4.30. The van der Waals surface area contributed by atoms with Gasteiger partial charge in [0.05, 0.1) is 5.56 Å². The van der Waals surface area contributed by atoms with Gasteiger partial charge in [0.15, 0.2) is 0 Å². The molecule has 3 aromatic rings. The molecule has 3 aromatic carbocycles. The van der Waals surface area contributed by atoms with Gasteiger partial charge in [-0.05, 0) is 66.8 Å². The highest BCUT2D eigenvalue weighted by Gasteiger charge is 2.08. The highest BCUT2D eigenvalue weighted by Crippen LogP contribution is 2.16. The van der Waals surface area contributed by atoms with Gasteiger partial charge in [0.1, 0.15) is 11.6 Å². The van der Waals surface area contributed by atoms with Crippen LogP contribution in [0, 0.1) is 35.3 Å². The number of hydrogen-bond donors (Lipinski definition) is 0. The van der Waals surface area contributed by atoms with E-state index < -0.39 is 11.6 Å². The highest BCUT2D eigenvalue weighted by molar-refractivity contribution is 5.49. The molecule has 0 aliphatic rings. The van der Waals surface area contributed by atoms with Crippen molar-refractivity contribution >= 4 is 0 Å². The van der Waals surface area contributed by atoms with E-state index in [4.69, 9.17) is 0 Å². The first-order valence-electron chi connectivity index (χ1n) is 13.8. The predicted molar refractivity (Wildman–Crippen MR) is 152 cm³/mol. The Morgan fingerprint density at radius 3 is 1.49 bits per heavy atom. The quantitative estimate of drug-likeness (QED) is 0.183. The maximum Gasteiger partial charge on any atom is 0.143 e. The molecule has 0 aliphatic heterocycles. The molecule has 0 bridgehead atoms. The van der Waals surface area contributed by atoms with Crippen LogP contribution in [-0.4, -0.2) is 0 Å². The first-order valence-corrected chi connectivity index (χ1v) is 13.8. The van der Waals surface area contributed by atoms with Gasteiger partial charge in [0.2, 0.25) is 0 Å². The molecule has 0 nitrogen and oxygen atoms in total. The third kappa shape index (κ3) is 9.90. The number of unbranched alkanes of at least 4 members (excludes halogenated alkanes) is 7. The van der Waals surface area contributed by atoms with E-state index in [0.717, 1.165) is 30.4 Å². The zero-order chi connectivity index (χ0) is 26.3. The Balaban J connectivity index is 1.54. The third-order valence-electron chi connectivity index (χ3n) is 6.49. The topological polar surface area (TPSA) is 0 Å². The van der Waals surface area contributed by atoms with E-state index in [9.17, 15) is 8.78 Å². The van der Waals surface area contributed by atoms with Crippen LogP contribution in [0.15, 0.2) is 60.7 Å². The summed E-state index contributed by atoms with van der Waals surface area (Å²) in [4.78, 5) is 0. The summed E-state index contributed by atoms with van der Waals surface area (Å²) in [5, 5.41) is 0. The van der Waals surface area contributed by atoms with E-state index in [1.807, 2.05) is 36.4 Å². The lowest BCUT2D eigenvalue weighted by atomic mass is 10.0. The maximum absolute atomic E-state index is 14.6. The minimum Gasteiger partial charge on any atom is -0.205 e. The van der Waals surface area contributed by atoms with Gasteiger partial charge in [-0.1, -0.05) is 113 Å². The first kappa shape index (κ1) is 28.2. The van der Waals surface area contributed by atoms with E-state index in [-0.39, 0.29) is 5.56 Å². The molecule has 0 N–H and O–H groups in total. The Morgan fingerprint density at radius 2 is 0.946 bits per heavy atom. The lowest BCUT2D eigenvalue weighted by molar-refractivity contribution is 0.575. The number of aryl methyl sites for hydroxylation is 2. The Labute approximate surface area is 222 Å². The number of benzene rings is 3. The molecule has 0 aliphatic carbocycles. The number of rotatable bonds is 11. The zero-order valence-electron chi connectivity index (χ0n) is 22.3. The average molecular weight is 497 g/mol. The summed E-state index contributed by atoms with van der Waals surface area (Å²) in [6.45, 7) is 4.38. The van der Waals surface area contributed by atoms with Crippen molar-refractivity contribution in [2.45, 2.75) is 84.5 Å². The van der Waals surface area contributed by atoms with Crippen LogP contribution in [0.3, 0.4) is 0 Å². The van der Waals surface area contributed by atoms with Gasteiger partial charge in [-0.15, -0.1) is 0 Å². The van der Waals surface area contributed by atoms with E-state index >= 15 is 0 Å². The highest BCUT2D eigenvalue weighted by atomic mass is 19.1. The van der Waals surface area contributed by atoms with Gasteiger partial charge in [-0.25, -0.2) is 8.78 Å². The van der Waals surface area contributed by atoms with Crippen LogP contribution in [0.4, 0.5) is 8.78 Å². The van der Waals surface area contributed by atoms with Crippen LogP contribution in [0.1, 0.15) is 105 Å². The maximum atomic E-state index is 14.6. The summed E-state index contributed by atoms with van der Waals surface area (Å²) in [5.41, 5.74) is 4.16. The molecular weight excluding hydrogens is 458 g/mol. The van der Waals surface area contributed by atoms with Crippen LogP contribution >= 0.6 is 0 Å². The van der Waals surface area contributed by atoms with E-state index in [1.165, 1.54) is 74.6 Å². The lowest BCUT2D eigenvalue weighted by Crippen LogP contribution is -1.93. The molecule has 0 aromatic heterocycles. The molecule has 0 unspecified atom stereocenters. The Kier molecular flexibility index (Phi) is 12.0. The second-order valence-corrected chi connectivity index (χ2v) is 9.68. The average Bonchev–Trinajstić information content (AvgIpc) is 2.90. The summed E-state index contributed by atoms with van der Waals surface area (Å²) in [6, 6.07) is 18.4. The van der Waals surface area contributed by atoms with Gasteiger partial charge >= 0.3 is 0 Å². The van der Waals surface area contributed by atoms with Crippen LogP contribution in [0.5, 0.6) is 0 Å². The fraction of sp³-hybridized carbons (Fsp3) is 0.371. The second-order valence-electron chi connectivity index (χ2n) is 9.68. The van der Waals surface area contributed by atoms with E-state index in [2.05, 4.69) is 49.7 Å². The van der Waals surface area contributed by atoms with Crippen molar-refractivity contribution < 1.29 is 8.78 Å². The first-order chi connectivity index (χ1) is 18.1. The smallest absolute Gasteiger partial charge is 0.143 e. The molecule has 192 valence electrons. The standard InChI is InChI=1S/C35H38F2/c1-3-5-6-7-8-9-10-11-13-29-16-20-31(21-17-29)24-25-33-34(36)26-32(27-35(33)37)23-22-30-18-14-28(12-4-2)15-19-30/h14-21,26-27H,3-13H2,1-2H3. The molecule has 0 saturated carbocycles. The minimum atomic E-state index is -0.693. The van der Waals surface area contributed by atoms with Crippen molar-refractivity contribution in [3.63, 3.8) is 0 Å². The molecular formula is C35H38F2. The van der Waals surface area contributed by atoms with Gasteiger partial charge in [0.25, 0.3) is 0 Å². The summed E-state index contributed by atoms with van der Waals surface area (Å²) in [5.74, 6) is 10.0. The normalized spacial score (nSPS) is 10.4. The van der Waals surface area contributed by atoms with Crippen LogP contribution in [0.25, 0.3) is 0 Å². The van der Waals surface area contributed by atoms with E-state index in [1.54, 1.807) is 0 Å². The fourth-order valence-electron chi connectivity index (χ4n) is 4.30.